The van der Waals surface area contributed by atoms with Gasteiger partial charge in [-0.3, -0.25) is 4.90 Å². The standard InChI is InChI=1S/C62H75BN2O/c1-36-28-50-54-51(29-36)65(48-34-45-42(30-37(48)2)58(8,9)24-26-61(45,14)15)49-35-46-44(60(12,13)25-27-62(46,16)17)33-47(49)63(54)53-40-31-38(56(3,4)5)18-21-52(40)66-55(53)64(50)39-19-20-41-43(32-39)59(10,11)23-22-57(41,6)7/h18-21,28-35H,22-27H2,1-17H3. The Bertz CT molecular complexity index is 3070. The Morgan fingerprint density at radius 2 is 0.955 bits per heavy atom. The van der Waals surface area contributed by atoms with Gasteiger partial charge in [0.15, 0.2) is 0 Å². The van der Waals surface area contributed by atoms with E-state index in [1.807, 2.05) is 0 Å². The van der Waals surface area contributed by atoms with Gasteiger partial charge < -0.3 is 9.32 Å². The third-order valence-corrected chi connectivity index (χ3v) is 18.2. The maximum atomic E-state index is 7.40. The van der Waals surface area contributed by atoms with Crippen LogP contribution in [-0.4, -0.2) is 6.71 Å². The fourth-order valence-corrected chi connectivity index (χ4v) is 13.4. The molecular formula is C62H75BN2O. The fraction of sp³-hybridized carbons (Fsp3) is 0.484. The number of hydrogen-bond donors (Lipinski definition) is 0. The Balaban J connectivity index is 1.28. The van der Waals surface area contributed by atoms with E-state index in [0.717, 1.165) is 11.5 Å². The van der Waals surface area contributed by atoms with Gasteiger partial charge in [-0.25, -0.2) is 0 Å². The molecule has 0 unspecified atom stereocenters. The molecule has 342 valence electrons. The molecular weight excluding hydrogens is 800 g/mol. The first kappa shape index (κ1) is 43.8. The lowest BCUT2D eigenvalue weighted by Gasteiger charge is -2.48. The molecule has 66 heavy (non-hydrogen) atoms. The average molecular weight is 875 g/mol. The van der Waals surface area contributed by atoms with Gasteiger partial charge in [0.2, 0.25) is 5.88 Å². The van der Waals surface area contributed by atoms with Crippen LogP contribution in [0.25, 0.3) is 11.0 Å². The Kier molecular flexibility index (Phi) is 8.97. The van der Waals surface area contributed by atoms with Crippen molar-refractivity contribution in [3.05, 3.63) is 123 Å². The third-order valence-electron chi connectivity index (χ3n) is 18.2. The molecule has 5 aromatic carbocycles. The van der Waals surface area contributed by atoms with E-state index >= 15 is 0 Å². The van der Waals surface area contributed by atoms with Gasteiger partial charge in [0.05, 0.1) is 0 Å². The minimum Gasteiger partial charge on any atom is -0.440 e. The van der Waals surface area contributed by atoms with E-state index in [4.69, 9.17) is 4.42 Å². The Morgan fingerprint density at radius 1 is 0.470 bits per heavy atom. The zero-order valence-electron chi connectivity index (χ0n) is 43.6. The molecule has 5 aliphatic rings. The average Bonchev–Trinajstić information content (AvgIpc) is 3.61. The highest BCUT2D eigenvalue weighted by atomic mass is 16.4. The largest absolute Gasteiger partial charge is 0.440 e. The van der Waals surface area contributed by atoms with Gasteiger partial charge >= 0.3 is 0 Å². The minimum atomic E-state index is -0.0305. The predicted molar refractivity (Wildman–Crippen MR) is 284 cm³/mol. The van der Waals surface area contributed by atoms with Crippen molar-refractivity contribution in [3.8, 4) is 0 Å². The van der Waals surface area contributed by atoms with Crippen LogP contribution in [-0.2, 0) is 37.9 Å². The van der Waals surface area contributed by atoms with E-state index in [9.17, 15) is 0 Å². The first-order valence-electron chi connectivity index (χ1n) is 25.4. The smallest absolute Gasteiger partial charge is 0.257 e. The summed E-state index contributed by atoms with van der Waals surface area (Å²) in [5.41, 5.74) is 24.7. The summed E-state index contributed by atoms with van der Waals surface area (Å²) in [6.45, 7) is 41.3. The third kappa shape index (κ3) is 6.20. The number of aryl methyl sites for hydroxylation is 2. The van der Waals surface area contributed by atoms with Gasteiger partial charge in [0.25, 0.3) is 6.71 Å². The highest BCUT2D eigenvalue weighted by molar-refractivity contribution is 7.01. The number of furan rings is 1. The van der Waals surface area contributed by atoms with Crippen molar-refractivity contribution in [2.75, 3.05) is 9.80 Å². The Hall–Kier alpha value is -4.70. The zero-order chi connectivity index (χ0) is 47.2. The summed E-state index contributed by atoms with van der Waals surface area (Å²) in [5.74, 6) is 0.962. The SMILES string of the molecule is Cc1cc2c3c(c1)N(c1ccc4c(c1)C(C)(C)CCC4(C)C)c1oc4ccc(C(C)(C)C)cc4c1B3c1cc3c(cc1N2c1cc2c(cc1C)C(C)(C)CCC2(C)C)C(C)(C)CCC3(C)C. The number of rotatable bonds is 2. The van der Waals surface area contributed by atoms with Crippen molar-refractivity contribution in [1.29, 1.82) is 0 Å². The second-order valence-corrected chi connectivity index (χ2v) is 26.8. The first-order valence-corrected chi connectivity index (χ1v) is 25.4. The first-order chi connectivity index (χ1) is 30.6. The van der Waals surface area contributed by atoms with Crippen LogP contribution in [0.15, 0.2) is 77.2 Å². The van der Waals surface area contributed by atoms with Gasteiger partial charge in [-0.2, -0.15) is 0 Å². The lowest BCUT2D eigenvalue weighted by molar-refractivity contribution is 0.331. The van der Waals surface area contributed by atoms with Gasteiger partial charge in [-0.15, -0.1) is 0 Å². The molecule has 0 amide bonds. The topological polar surface area (TPSA) is 19.6 Å². The number of nitrogens with zero attached hydrogens (tertiary/aromatic N) is 2. The molecule has 0 saturated heterocycles. The van der Waals surface area contributed by atoms with E-state index in [1.165, 1.54) is 139 Å². The number of hydrogen-bond acceptors (Lipinski definition) is 3. The lowest BCUT2D eigenvalue weighted by atomic mass is 9.33. The van der Waals surface area contributed by atoms with Gasteiger partial charge in [-0.05, 0) is 200 Å². The molecule has 0 N–H and O–H groups in total. The van der Waals surface area contributed by atoms with Crippen LogP contribution in [0.1, 0.15) is 192 Å². The molecule has 1 aromatic heterocycles. The molecule has 0 saturated carbocycles. The molecule has 2 aliphatic heterocycles. The van der Waals surface area contributed by atoms with Crippen LogP contribution in [0, 0.1) is 13.8 Å². The molecule has 6 aromatic rings. The number of benzene rings is 5. The van der Waals surface area contributed by atoms with Crippen molar-refractivity contribution in [1.82, 2.24) is 0 Å². The summed E-state index contributed by atoms with van der Waals surface area (Å²) in [4.78, 5) is 5.26. The predicted octanol–water partition coefficient (Wildman–Crippen LogP) is 15.5. The monoisotopic (exact) mass is 875 g/mol. The van der Waals surface area contributed by atoms with E-state index in [-0.39, 0.29) is 44.6 Å². The van der Waals surface area contributed by atoms with Crippen LogP contribution in [0.2, 0.25) is 0 Å². The van der Waals surface area contributed by atoms with Crippen LogP contribution in [0.4, 0.5) is 34.3 Å². The molecule has 0 radical (unpaired) electrons. The maximum absolute atomic E-state index is 7.40. The highest BCUT2D eigenvalue weighted by Gasteiger charge is 2.50. The van der Waals surface area contributed by atoms with E-state index in [0.29, 0.717) is 0 Å². The Labute approximate surface area is 397 Å². The summed E-state index contributed by atoms with van der Waals surface area (Å²) < 4.78 is 7.40. The molecule has 3 heterocycles. The summed E-state index contributed by atoms with van der Waals surface area (Å²) in [6, 6.07) is 30.0. The molecule has 0 spiro atoms. The molecule has 4 heteroatoms. The van der Waals surface area contributed by atoms with Crippen molar-refractivity contribution in [2.24, 2.45) is 0 Å². The summed E-state index contributed by atoms with van der Waals surface area (Å²) in [6.07, 6.45) is 7.09. The van der Waals surface area contributed by atoms with Crippen LogP contribution in [0.3, 0.4) is 0 Å². The summed E-state index contributed by atoms with van der Waals surface area (Å²) >= 11 is 0. The van der Waals surface area contributed by atoms with E-state index in [1.54, 1.807) is 0 Å². The zero-order valence-corrected chi connectivity index (χ0v) is 43.6. The van der Waals surface area contributed by atoms with Crippen molar-refractivity contribution in [3.63, 3.8) is 0 Å². The second-order valence-electron chi connectivity index (χ2n) is 26.8. The van der Waals surface area contributed by atoms with Crippen LogP contribution < -0.4 is 26.2 Å². The van der Waals surface area contributed by atoms with Gasteiger partial charge in [0.1, 0.15) is 5.58 Å². The molecule has 0 atom stereocenters. The molecule has 0 fully saturated rings. The molecule has 3 nitrogen and oxygen atoms in total. The number of anilines is 6. The lowest BCUT2D eigenvalue weighted by Crippen LogP contribution is -2.61. The van der Waals surface area contributed by atoms with E-state index < -0.39 is 0 Å². The van der Waals surface area contributed by atoms with Crippen LogP contribution >= 0.6 is 0 Å². The molecule has 11 rings (SSSR count). The fourth-order valence-electron chi connectivity index (χ4n) is 13.4. The van der Waals surface area contributed by atoms with Crippen molar-refractivity contribution < 1.29 is 4.42 Å². The normalized spacial score (nSPS) is 21.1. The molecule has 3 aliphatic carbocycles. The second kappa shape index (κ2) is 13.5. The minimum absolute atomic E-state index is 0.0218. The summed E-state index contributed by atoms with van der Waals surface area (Å²) in [5, 5.41) is 1.23. The maximum Gasteiger partial charge on any atom is 0.257 e. The molecule has 0 bridgehead atoms. The van der Waals surface area contributed by atoms with Gasteiger partial charge in [-0.1, -0.05) is 128 Å². The van der Waals surface area contributed by atoms with E-state index in [2.05, 4.69) is 200 Å². The Morgan fingerprint density at radius 3 is 1.52 bits per heavy atom. The van der Waals surface area contributed by atoms with Crippen molar-refractivity contribution in [2.45, 2.75) is 194 Å². The van der Waals surface area contributed by atoms with Crippen LogP contribution in [0.5, 0.6) is 0 Å². The van der Waals surface area contributed by atoms with Crippen molar-refractivity contribution >= 4 is 68.4 Å². The van der Waals surface area contributed by atoms with Gasteiger partial charge in [0, 0.05) is 39.3 Å². The quantitative estimate of drug-likeness (QED) is 0.161. The number of fused-ring (bicyclic) bond motifs is 9. The highest BCUT2D eigenvalue weighted by Crippen LogP contribution is 2.55. The summed E-state index contributed by atoms with van der Waals surface area (Å²) in [7, 11) is 0.